The fourth-order valence-corrected chi connectivity index (χ4v) is 2.19. The minimum Gasteiger partial charge on any atom is -0.370 e. The van der Waals surface area contributed by atoms with Gasteiger partial charge in [0.15, 0.2) is 5.96 Å². The molecule has 0 radical (unpaired) electrons. The summed E-state index contributed by atoms with van der Waals surface area (Å²) in [5, 5.41) is 7.24. The number of anilines is 1. The molecule has 0 aliphatic carbocycles. The van der Waals surface area contributed by atoms with Crippen molar-refractivity contribution >= 4 is 11.6 Å². The summed E-state index contributed by atoms with van der Waals surface area (Å²) < 4.78 is 1.69. The van der Waals surface area contributed by atoms with Crippen LogP contribution in [0.4, 0.5) is 5.69 Å². The van der Waals surface area contributed by atoms with E-state index in [4.69, 9.17) is 5.73 Å². The Morgan fingerprint density at radius 1 is 1.29 bits per heavy atom. The van der Waals surface area contributed by atoms with E-state index < -0.39 is 0 Å². The van der Waals surface area contributed by atoms with E-state index in [9.17, 15) is 0 Å². The highest BCUT2D eigenvalue weighted by molar-refractivity contribution is 5.93. The molecule has 0 atom stereocenters. The Balaban J connectivity index is 2.15. The summed E-state index contributed by atoms with van der Waals surface area (Å²) >= 11 is 0. The van der Waals surface area contributed by atoms with Crippen molar-refractivity contribution < 1.29 is 0 Å². The van der Waals surface area contributed by atoms with E-state index >= 15 is 0 Å². The Hall–Kier alpha value is -2.37. The van der Waals surface area contributed by atoms with Gasteiger partial charge in [-0.05, 0) is 24.0 Å². The van der Waals surface area contributed by atoms with Crippen molar-refractivity contribution in [2.24, 2.45) is 17.8 Å². The van der Waals surface area contributed by atoms with Gasteiger partial charge in [0.1, 0.15) is 18.7 Å². The van der Waals surface area contributed by atoms with Crippen molar-refractivity contribution in [1.29, 1.82) is 0 Å². The second kappa shape index (κ2) is 6.88. The van der Waals surface area contributed by atoms with E-state index in [-0.39, 0.29) is 0 Å². The van der Waals surface area contributed by atoms with Crippen LogP contribution in [0.5, 0.6) is 0 Å². The minimum atomic E-state index is 0.397. The number of benzene rings is 1. The molecule has 0 unspecified atom stereocenters. The number of aliphatic imine (C=N–C) groups is 1. The topological polar surface area (TPSA) is 81.1 Å². The van der Waals surface area contributed by atoms with Crippen molar-refractivity contribution in [2.75, 3.05) is 5.32 Å². The van der Waals surface area contributed by atoms with Crippen molar-refractivity contribution in [3.05, 3.63) is 41.5 Å². The third kappa shape index (κ3) is 3.59. The van der Waals surface area contributed by atoms with Crippen LogP contribution in [0.3, 0.4) is 0 Å². The van der Waals surface area contributed by atoms with Crippen molar-refractivity contribution in [3.63, 3.8) is 0 Å². The lowest BCUT2D eigenvalue weighted by molar-refractivity contribution is 0.702. The molecule has 0 fully saturated rings. The lowest BCUT2D eigenvalue weighted by Gasteiger charge is -2.14. The summed E-state index contributed by atoms with van der Waals surface area (Å²) in [7, 11) is 1.84. The van der Waals surface area contributed by atoms with E-state index in [1.807, 2.05) is 7.05 Å². The van der Waals surface area contributed by atoms with Crippen molar-refractivity contribution in [3.8, 4) is 0 Å². The summed E-state index contributed by atoms with van der Waals surface area (Å²) in [4.78, 5) is 8.46. The number of guanidine groups is 1. The lowest BCUT2D eigenvalue weighted by atomic mass is 10.0. The van der Waals surface area contributed by atoms with Gasteiger partial charge in [-0.2, -0.15) is 5.10 Å². The molecule has 0 aliphatic heterocycles. The van der Waals surface area contributed by atoms with Gasteiger partial charge >= 0.3 is 0 Å². The molecule has 0 aliphatic rings. The molecule has 1 heterocycles. The molecule has 0 saturated heterocycles. The van der Waals surface area contributed by atoms with Gasteiger partial charge in [-0.15, -0.1) is 0 Å². The third-order valence-electron chi connectivity index (χ3n) is 3.45. The first-order chi connectivity index (χ1) is 10.2. The molecular formula is C15H22N6. The maximum Gasteiger partial charge on any atom is 0.193 e. The number of hydrogen-bond donors (Lipinski definition) is 2. The number of aryl methyl sites for hydroxylation is 3. The largest absolute Gasteiger partial charge is 0.370 e. The summed E-state index contributed by atoms with van der Waals surface area (Å²) in [6.45, 7) is 4.67. The molecule has 1 aromatic heterocycles. The zero-order chi connectivity index (χ0) is 15.2. The Morgan fingerprint density at radius 2 is 1.95 bits per heavy atom. The van der Waals surface area contributed by atoms with Crippen LogP contribution >= 0.6 is 0 Å². The molecule has 0 bridgehead atoms. The third-order valence-corrected chi connectivity index (χ3v) is 3.45. The average Bonchev–Trinajstić information content (AvgIpc) is 2.90. The van der Waals surface area contributed by atoms with Crippen LogP contribution in [0.25, 0.3) is 0 Å². The van der Waals surface area contributed by atoms with E-state index in [0.29, 0.717) is 12.5 Å². The highest BCUT2D eigenvalue weighted by Gasteiger charge is 2.07. The molecule has 3 N–H and O–H groups in total. The van der Waals surface area contributed by atoms with Gasteiger partial charge in [0.25, 0.3) is 0 Å². The molecule has 21 heavy (non-hydrogen) atoms. The van der Waals surface area contributed by atoms with Crippen molar-refractivity contribution in [1.82, 2.24) is 14.8 Å². The Bertz CT molecular complexity index is 607. The number of para-hydroxylation sites is 1. The van der Waals surface area contributed by atoms with Gasteiger partial charge in [0.05, 0.1) is 0 Å². The molecule has 2 aromatic rings. The molecule has 0 amide bonds. The molecule has 112 valence electrons. The van der Waals surface area contributed by atoms with Crippen LogP contribution < -0.4 is 11.1 Å². The van der Waals surface area contributed by atoms with Gasteiger partial charge in [-0.3, -0.25) is 4.68 Å². The molecule has 0 saturated carbocycles. The Labute approximate surface area is 125 Å². The Kier molecular flexibility index (Phi) is 4.92. The fourth-order valence-electron chi connectivity index (χ4n) is 2.19. The van der Waals surface area contributed by atoms with E-state index in [2.05, 4.69) is 52.4 Å². The normalized spacial score (nSPS) is 11.7. The van der Waals surface area contributed by atoms with Crippen LogP contribution in [0.2, 0.25) is 0 Å². The quantitative estimate of drug-likeness (QED) is 0.649. The number of nitrogens with two attached hydrogens (primary N) is 1. The zero-order valence-corrected chi connectivity index (χ0v) is 12.8. The number of rotatable bonds is 5. The summed E-state index contributed by atoms with van der Waals surface area (Å²) in [6.07, 6.45) is 3.41. The zero-order valence-electron chi connectivity index (χ0n) is 12.8. The first-order valence-electron chi connectivity index (χ1n) is 7.16. The second-order valence-electron chi connectivity index (χ2n) is 4.78. The molecule has 0 spiro atoms. The van der Waals surface area contributed by atoms with Gasteiger partial charge in [-0.25, -0.2) is 9.98 Å². The highest BCUT2D eigenvalue weighted by Crippen LogP contribution is 2.22. The van der Waals surface area contributed by atoms with Crippen LogP contribution in [0.15, 0.2) is 29.5 Å². The van der Waals surface area contributed by atoms with Crippen LogP contribution in [-0.4, -0.2) is 20.7 Å². The molecule has 6 nitrogen and oxygen atoms in total. The predicted octanol–water partition coefficient (Wildman–Crippen LogP) is 1.87. The highest BCUT2D eigenvalue weighted by atomic mass is 15.3. The smallest absolute Gasteiger partial charge is 0.193 e. The number of nitrogens with one attached hydrogen (secondary N) is 1. The van der Waals surface area contributed by atoms with E-state index in [1.165, 1.54) is 17.5 Å². The average molecular weight is 286 g/mol. The molecule has 2 rings (SSSR count). The number of aromatic nitrogens is 3. The molecule has 6 heteroatoms. The summed E-state index contributed by atoms with van der Waals surface area (Å²) in [5.41, 5.74) is 9.56. The molecule has 1 aromatic carbocycles. The van der Waals surface area contributed by atoms with Crippen LogP contribution in [0.1, 0.15) is 30.8 Å². The van der Waals surface area contributed by atoms with Gasteiger partial charge in [0, 0.05) is 12.7 Å². The van der Waals surface area contributed by atoms with Crippen LogP contribution in [0, 0.1) is 0 Å². The maximum atomic E-state index is 6.00. The second-order valence-corrected chi connectivity index (χ2v) is 4.78. The minimum absolute atomic E-state index is 0.397. The fraction of sp³-hybridized carbons (Fsp3) is 0.400. The van der Waals surface area contributed by atoms with Gasteiger partial charge < -0.3 is 11.1 Å². The standard InChI is InChI=1S/C15H22N6/c1-4-11-7-6-8-12(5-2)14(11)20-15(16)17-9-13-18-10-19-21(13)3/h6-8,10H,4-5,9H2,1-3H3,(H3,16,17,20). The van der Waals surface area contributed by atoms with Gasteiger partial charge in [0.2, 0.25) is 0 Å². The monoisotopic (exact) mass is 286 g/mol. The number of hydrogen-bond acceptors (Lipinski definition) is 3. The van der Waals surface area contributed by atoms with Gasteiger partial charge in [-0.1, -0.05) is 32.0 Å². The SMILES string of the molecule is CCc1cccc(CC)c1NC(N)=NCc1ncnn1C. The summed E-state index contributed by atoms with van der Waals surface area (Å²) in [5.74, 6) is 1.17. The van der Waals surface area contributed by atoms with Crippen molar-refractivity contribution in [2.45, 2.75) is 33.2 Å². The van der Waals surface area contributed by atoms with Crippen LogP contribution in [-0.2, 0) is 26.4 Å². The molecular weight excluding hydrogens is 264 g/mol. The predicted molar refractivity (Wildman–Crippen MR) is 85.2 cm³/mol. The first-order valence-corrected chi connectivity index (χ1v) is 7.16. The first kappa shape index (κ1) is 15.0. The Morgan fingerprint density at radius 3 is 2.48 bits per heavy atom. The van der Waals surface area contributed by atoms with E-state index in [0.717, 1.165) is 24.4 Å². The number of nitrogens with zero attached hydrogens (tertiary/aromatic N) is 4. The maximum absolute atomic E-state index is 6.00. The summed E-state index contributed by atoms with van der Waals surface area (Å²) in [6, 6.07) is 6.30. The lowest BCUT2D eigenvalue weighted by Crippen LogP contribution is -2.24. The van der Waals surface area contributed by atoms with E-state index in [1.54, 1.807) is 4.68 Å².